The second-order valence-electron chi connectivity index (χ2n) is 3.55. The lowest BCUT2D eigenvalue weighted by atomic mass is 10.1. The van der Waals surface area contributed by atoms with Crippen molar-refractivity contribution >= 4 is 0 Å². The van der Waals surface area contributed by atoms with Crippen LogP contribution in [0.2, 0.25) is 0 Å². The fraction of sp³-hybridized carbons (Fsp3) is 0.500. The maximum atomic E-state index is 9.04. The van der Waals surface area contributed by atoms with E-state index in [9.17, 15) is 0 Å². The summed E-state index contributed by atoms with van der Waals surface area (Å²) in [5, 5.41) is 9.04. The minimum atomic E-state index is -0.432. The van der Waals surface area contributed by atoms with Gasteiger partial charge in [-0.1, -0.05) is 12.1 Å². The molecule has 1 rings (SSSR count). The number of rotatable bonds is 6. The lowest BCUT2D eigenvalue weighted by molar-refractivity contribution is 0.122. The summed E-state index contributed by atoms with van der Waals surface area (Å²) in [6.45, 7) is 2.76. The molecule has 0 saturated heterocycles. The third-order valence-corrected chi connectivity index (χ3v) is 2.01. The molecule has 1 aromatic rings. The summed E-state index contributed by atoms with van der Waals surface area (Å²) in [5.74, 6) is 0.789. The van der Waals surface area contributed by atoms with Crippen LogP contribution in [0.15, 0.2) is 24.3 Å². The van der Waals surface area contributed by atoms with Crippen LogP contribution in [0, 0.1) is 0 Å². The zero-order valence-corrected chi connectivity index (χ0v) is 9.27. The molecule has 0 spiro atoms. The van der Waals surface area contributed by atoms with Crippen LogP contribution in [0.1, 0.15) is 12.5 Å². The number of hydrogen-bond donors (Lipinski definition) is 1. The molecule has 0 aliphatic heterocycles. The summed E-state index contributed by atoms with van der Waals surface area (Å²) in [6, 6.07) is 7.84. The van der Waals surface area contributed by atoms with Crippen molar-refractivity contribution in [2.24, 2.45) is 0 Å². The van der Waals surface area contributed by atoms with Crippen LogP contribution in [0.25, 0.3) is 0 Å². The number of benzene rings is 1. The van der Waals surface area contributed by atoms with Gasteiger partial charge in [0.05, 0.1) is 12.7 Å². The Morgan fingerprint density at radius 1 is 1.27 bits per heavy atom. The van der Waals surface area contributed by atoms with Gasteiger partial charge >= 0.3 is 0 Å². The van der Waals surface area contributed by atoms with Crippen LogP contribution in [0.4, 0.5) is 0 Å². The first-order valence-electron chi connectivity index (χ1n) is 5.11. The van der Waals surface area contributed by atoms with Crippen molar-refractivity contribution in [1.82, 2.24) is 0 Å². The van der Waals surface area contributed by atoms with E-state index in [0.29, 0.717) is 6.61 Å². The predicted molar refractivity (Wildman–Crippen MR) is 59.2 cm³/mol. The Balaban J connectivity index is 2.41. The van der Waals surface area contributed by atoms with Crippen molar-refractivity contribution in [3.8, 4) is 5.75 Å². The first-order valence-corrected chi connectivity index (χ1v) is 5.11. The molecule has 0 bridgehead atoms. The summed E-state index contributed by atoms with van der Waals surface area (Å²) in [5.41, 5.74) is 1.22. The second-order valence-corrected chi connectivity index (χ2v) is 3.55. The molecule has 1 N–H and O–H groups in total. The molecule has 1 atom stereocenters. The molecule has 0 aliphatic rings. The summed E-state index contributed by atoms with van der Waals surface area (Å²) in [4.78, 5) is 0. The van der Waals surface area contributed by atoms with E-state index in [4.69, 9.17) is 14.6 Å². The van der Waals surface area contributed by atoms with Crippen LogP contribution < -0.4 is 4.74 Å². The van der Waals surface area contributed by atoms with Gasteiger partial charge in [-0.15, -0.1) is 0 Å². The van der Waals surface area contributed by atoms with Gasteiger partial charge in [0.1, 0.15) is 12.4 Å². The normalized spacial score (nSPS) is 12.5. The Bertz CT molecular complexity index is 267. The van der Waals surface area contributed by atoms with Gasteiger partial charge in [-0.3, -0.25) is 0 Å². The molecule has 3 heteroatoms. The van der Waals surface area contributed by atoms with Crippen molar-refractivity contribution in [3.05, 3.63) is 29.8 Å². The number of aliphatic hydroxyl groups excluding tert-OH is 1. The summed E-state index contributed by atoms with van der Waals surface area (Å²) in [6.07, 6.45) is 0.478. The lowest BCUT2D eigenvalue weighted by Gasteiger charge is -2.08. The molecular formula is C12H18O3. The highest BCUT2D eigenvalue weighted by Gasteiger charge is 1.98. The predicted octanol–water partition coefficient (Wildman–Crippen LogP) is 1.64. The van der Waals surface area contributed by atoms with E-state index in [-0.39, 0.29) is 0 Å². The average Bonchev–Trinajstić information content (AvgIpc) is 2.25. The SMILES string of the molecule is COCCc1ccc(OC[C@H](C)O)cc1. The molecule has 15 heavy (non-hydrogen) atoms. The largest absolute Gasteiger partial charge is 0.491 e. The van der Waals surface area contributed by atoms with Crippen molar-refractivity contribution in [1.29, 1.82) is 0 Å². The summed E-state index contributed by atoms with van der Waals surface area (Å²) < 4.78 is 10.3. The molecule has 84 valence electrons. The Hall–Kier alpha value is -1.06. The van der Waals surface area contributed by atoms with Gasteiger partial charge in [-0.05, 0) is 31.0 Å². The van der Waals surface area contributed by atoms with Crippen LogP contribution in [0.5, 0.6) is 5.75 Å². The molecule has 0 fully saturated rings. The molecule has 1 aromatic carbocycles. The lowest BCUT2D eigenvalue weighted by Crippen LogP contribution is -2.12. The molecule has 0 unspecified atom stereocenters. The minimum absolute atomic E-state index is 0.331. The maximum Gasteiger partial charge on any atom is 0.119 e. The van der Waals surface area contributed by atoms with Gasteiger partial charge in [0.25, 0.3) is 0 Å². The zero-order valence-electron chi connectivity index (χ0n) is 9.27. The first-order chi connectivity index (χ1) is 7.22. The number of methoxy groups -OCH3 is 1. The Kier molecular flexibility index (Phi) is 5.15. The topological polar surface area (TPSA) is 38.7 Å². The van der Waals surface area contributed by atoms with Crippen molar-refractivity contribution in [2.75, 3.05) is 20.3 Å². The molecule has 0 aromatic heterocycles. The summed E-state index contributed by atoms with van der Waals surface area (Å²) in [7, 11) is 1.69. The highest BCUT2D eigenvalue weighted by atomic mass is 16.5. The molecule has 0 aliphatic carbocycles. The first kappa shape index (κ1) is 12.0. The Morgan fingerprint density at radius 3 is 2.47 bits per heavy atom. The molecule has 0 radical (unpaired) electrons. The van der Waals surface area contributed by atoms with Gasteiger partial charge < -0.3 is 14.6 Å². The standard InChI is InChI=1S/C12H18O3/c1-10(13)9-15-12-5-3-11(4-6-12)7-8-14-2/h3-6,10,13H,7-9H2,1-2H3/t10-/m0/s1. The van der Waals surface area contributed by atoms with Gasteiger partial charge in [-0.25, -0.2) is 0 Å². The Morgan fingerprint density at radius 2 is 1.93 bits per heavy atom. The van der Waals surface area contributed by atoms with E-state index in [1.807, 2.05) is 24.3 Å². The third kappa shape index (κ3) is 4.81. The van der Waals surface area contributed by atoms with Gasteiger partial charge in [0.2, 0.25) is 0 Å². The molecule has 0 amide bonds. The zero-order chi connectivity index (χ0) is 11.1. The quantitative estimate of drug-likeness (QED) is 0.775. The minimum Gasteiger partial charge on any atom is -0.491 e. The van der Waals surface area contributed by atoms with E-state index in [0.717, 1.165) is 18.8 Å². The summed E-state index contributed by atoms with van der Waals surface area (Å²) >= 11 is 0. The van der Waals surface area contributed by atoms with Crippen LogP contribution in [-0.4, -0.2) is 31.5 Å². The van der Waals surface area contributed by atoms with Crippen LogP contribution in [-0.2, 0) is 11.2 Å². The second kappa shape index (κ2) is 6.43. The maximum absolute atomic E-state index is 9.04. The molecular weight excluding hydrogens is 192 g/mol. The monoisotopic (exact) mass is 210 g/mol. The van der Waals surface area contributed by atoms with Gasteiger partial charge in [-0.2, -0.15) is 0 Å². The molecule has 0 heterocycles. The van der Waals surface area contributed by atoms with Crippen LogP contribution in [0.3, 0.4) is 0 Å². The third-order valence-electron chi connectivity index (χ3n) is 2.01. The van der Waals surface area contributed by atoms with Crippen molar-refractivity contribution in [2.45, 2.75) is 19.4 Å². The van der Waals surface area contributed by atoms with Gasteiger partial charge in [0.15, 0.2) is 0 Å². The van der Waals surface area contributed by atoms with Crippen molar-refractivity contribution < 1.29 is 14.6 Å². The smallest absolute Gasteiger partial charge is 0.119 e. The van der Waals surface area contributed by atoms with Crippen molar-refractivity contribution in [3.63, 3.8) is 0 Å². The fourth-order valence-corrected chi connectivity index (χ4v) is 1.19. The van der Waals surface area contributed by atoms with E-state index >= 15 is 0 Å². The fourth-order valence-electron chi connectivity index (χ4n) is 1.19. The number of aliphatic hydroxyl groups is 1. The van der Waals surface area contributed by atoms with E-state index < -0.39 is 6.10 Å². The van der Waals surface area contributed by atoms with E-state index in [1.54, 1.807) is 14.0 Å². The molecule has 3 nitrogen and oxygen atoms in total. The molecule has 0 saturated carbocycles. The Labute approximate surface area is 90.6 Å². The van der Waals surface area contributed by atoms with E-state index in [2.05, 4.69) is 0 Å². The van der Waals surface area contributed by atoms with Crippen LogP contribution >= 0.6 is 0 Å². The number of hydrogen-bond acceptors (Lipinski definition) is 3. The van der Waals surface area contributed by atoms with E-state index in [1.165, 1.54) is 5.56 Å². The number of ether oxygens (including phenoxy) is 2. The average molecular weight is 210 g/mol. The highest BCUT2D eigenvalue weighted by Crippen LogP contribution is 2.12. The highest BCUT2D eigenvalue weighted by molar-refractivity contribution is 5.27. The van der Waals surface area contributed by atoms with Gasteiger partial charge in [0, 0.05) is 7.11 Å².